The van der Waals surface area contributed by atoms with Crippen LogP contribution in [0.25, 0.3) is 0 Å². The van der Waals surface area contributed by atoms with Crippen LogP contribution in [0.15, 0.2) is 30.3 Å². The van der Waals surface area contributed by atoms with Gasteiger partial charge in [0, 0.05) is 0 Å². The Bertz CT molecular complexity index is 341. The van der Waals surface area contributed by atoms with Crippen molar-refractivity contribution in [3.05, 3.63) is 35.9 Å². The SMILES string of the molecule is C[C@H]1O[C@H]1[C@H](O)[C@@H](O)COCc1ccccc1. The number of epoxide rings is 1. The third-order valence-corrected chi connectivity index (χ3v) is 2.89. The summed E-state index contributed by atoms with van der Waals surface area (Å²) in [4.78, 5) is 0. The van der Waals surface area contributed by atoms with Gasteiger partial charge in [0.2, 0.25) is 0 Å². The first kappa shape index (κ1) is 12.5. The summed E-state index contributed by atoms with van der Waals surface area (Å²) in [5, 5.41) is 19.3. The van der Waals surface area contributed by atoms with Gasteiger partial charge in [-0.1, -0.05) is 30.3 Å². The molecule has 1 saturated heterocycles. The van der Waals surface area contributed by atoms with Gasteiger partial charge in [0.1, 0.15) is 18.3 Å². The summed E-state index contributed by atoms with van der Waals surface area (Å²) in [5.41, 5.74) is 1.05. The van der Waals surface area contributed by atoms with Crippen LogP contribution in [0.5, 0.6) is 0 Å². The van der Waals surface area contributed by atoms with E-state index in [2.05, 4.69) is 0 Å². The molecular formula is C13H18O4. The van der Waals surface area contributed by atoms with Crippen molar-refractivity contribution in [2.45, 2.75) is 37.9 Å². The Balaban J connectivity index is 1.68. The highest BCUT2D eigenvalue weighted by Crippen LogP contribution is 2.26. The van der Waals surface area contributed by atoms with E-state index in [1.807, 2.05) is 37.3 Å². The van der Waals surface area contributed by atoms with E-state index < -0.39 is 12.2 Å². The number of aliphatic hydroxyl groups excluding tert-OH is 2. The summed E-state index contributed by atoms with van der Waals surface area (Å²) in [6.45, 7) is 2.42. The molecule has 1 aromatic rings. The van der Waals surface area contributed by atoms with Crippen LogP contribution in [0.4, 0.5) is 0 Å². The Morgan fingerprint density at radius 1 is 1.29 bits per heavy atom. The predicted octanol–water partition coefficient (Wildman–Crippen LogP) is 0.712. The highest BCUT2D eigenvalue weighted by atomic mass is 16.6. The van der Waals surface area contributed by atoms with Crippen LogP contribution in [0.1, 0.15) is 12.5 Å². The van der Waals surface area contributed by atoms with Gasteiger partial charge in [0.05, 0.1) is 19.3 Å². The maximum absolute atomic E-state index is 9.67. The molecule has 2 N–H and O–H groups in total. The van der Waals surface area contributed by atoms with Crippen LogP contribution in [-0.4, -0.2) is 41.2 Å². The summed E-state index contributed by atoms with van der Waals surface area (Å²) in [6, 6.07) is 9.71. The van der Waals surface area contributed by atoms with Crippen molar-refractivity contribution in [3.63, 3.8) is 0 Å². The first-order valence-electron chi connectivity index (χ1n) is 5.81. The molecule has 0 unspecified atom stereocenters. The molecule has 94 valence electrons. The minimum Gasteiger partial charge on any atom is -0.388 e. The quantitative estimate of drug-likeness (QED) is 0.717. The van der Waals surface area contributed by atoms with E-state index in [-0.39, 0.29) is 18.8 Å². The van der Waals surface area contributed by atoms with Crippen molar-refractivity contribution in [1.82, 2.24) is 0 Å². The Hall–Kier alpha value is -0.940. The first-order valence-corrected chi connectivity index (χ1v) is 5.81. The molecule has 1 aromatic carbocycles. The normalized spacial score (nSPS) is 26.5. The molecule has 1 heterocycles. The van der Waals surface area contributed by atoms with E-state index in [1.54, 1.807) is 0 Å². The molecule has 4 heteroatoms. The molecule has 0 aromatic heterocycles. The Labute approximate surface area is 101 Å². The predicted molar refractivity (Wildman–Crippen MR) is 62.4 cm³/mol. The molecular weight excluding hydrogens is 220 g/mol. The zero-order valence-electron chi connectivity index (χ0n) is 9.82. The van der Waals surface area contributed by atoms with E-state index >= 15 is 0 Å². The number of rotatable bonds is 6. The van der Waals surface area contributed by atoms with Crippen molar-refractivity contribution in [3.8, 4) is 0 Å². The molecule has 0 bridgehead atoms. The van der Waals surface area contributed by atoms with Crippen molar-refractivity contribution in [2.75, 3.05) is 6.61 Å². The van der Waals surface area contributed by atoms with Crippen LogP contribution < -0.4 is 0 Å². The fraction of sp³-hybridized carbons (Fsp3) is 0.538. The second-order valence-electron chi connectivity index (χ2n) is 4.36. The molecule has 17 heavy (non-hydrogen) atoms. The van der Waals surface area contributed by atoms with E-state index in [9.17, 15) is 10.2 Å². The number of hydrogen-bond acceptors (Lipinski definition) is 4. The Morgan fingerprint density at radius 3 is 2.53 bits per heavy atom. The minimum atomic E-state index is -0.895. The second kappa shape index (κ2) is 5.60. The molecule has 2 rings (SSSR count). The van der Waals surface area contributed by atoms with Crippen molar-refractivity contribution < 1.29 is 19.7 Å². The molecule has 0 aliphatic carbocycles. The van der Waals surface area contributed by atoms with Gasteiger partial charge in [-0.15, -0.1) is 0 Å². The molecule has 0 radical (unpaired) electrons. The van der Waals surface area contributed by atoms with Crippen molar-refractivity contribution in [2.24, 2.45) is 0 Å². The standard InChI is InChI=1S/C13H18O4/c1-9-13(17-9)12(15)11(14)8-16-7-10-5-3-2-4-6-10/h2-6,9,11-15H,7-8H2,1H3/t9-,11+,12-,13-/m1/s1. The van der Waals surface area contributed by atoms with E-state index in [0.29, 0.717) is 6.61 Å². The number of aliphatic hydroxyl groups is 2. The molecule has 1 aliphatic heterocycles. The lowest BCUT2D eigenvalue weighted by Crippen LogP contribution is -2.35. The molecule has 1 aliphatic rings. The lowest BCUT2D eigenvalue weighted by atomic mass is 10.1. The fourth-order valence-electron chi connectivity index (χ4n) is 1.75. The third kappa shape index (κ3) is 3.51. The van der Waals surface area contributed by atoms with Gasteiger partial charge in [-0.2, -0.15) is 0 Å². The topological polar surface area (TPSA) is 62.2 Å². The smallest absolute Gasteiger partial charge is 0.112 e. The number of benzene rings is 1. The maximum atomic E-state index is 9.67. The molecule has 4 atom stereocenters. The van der Waals surface area contributed by atoms with Gasteiger partial charge in [-0.25, -0.2) is 0 Å². The average Bonchev–Trinajstić information content (AvgIpc) is 3.06. The van der Waals surface area contributed by atoms with Gasteiger partial charge in [0.25, 0.3) is 0 Å². The van der Waals surface area contributed by atoms with Crippen molar-refractivity contribution >= 4 is 0 Å². The van der Waals surface area contributed by atoms with Crippen LogP contribution in [0.2, 0.25) is 0 Å². The van der Waals surface area contributed by atoms with Crippen LogP contribution >= 0.6 is 0 Å². The average molecular weight is 238 g/mol. The second-order valence-corrected chi connectivity index (χ2v) is 4.36. The van der Waals surface area contributed by atoms with Crippen LogP contribution in [0, 0.1) is 0 Å². The zero-order chi connectivity index (χ0) is 12.3. The monoisotopic (exact) mass is 238 g/mol. The number of hydrogen-bond donors (Lipinski definition) is 2. The fourth-order valence-corrected chi connectivity index (χ4v) is 1.75. The van der Waals surface area contributed by atoms with Gasteiger partial charge < -0.3 is 19.7 Å². The van der Waals surface area contributed by atoms with Crippen LogP contribution in [-0.2, 0) is 16.1 Å². The third-order valence-electron chi connectivity index (χ3n) is 2.89. The van der Waals surface area contributed by atoms with Crippen molar-refractivity contribution in [1.29, 1.82) is 0 Å². The highest BCUT2D eigenvalue weighted by molar-refractivity contribution is 5.13. The van der Waals surface area contributed by atoms with Gasteiger partial charge in [-0.05, 0) is 12.5 Å². The lowest BCUT2D eigenvalue weighted by molar-refractivity contribution is -0.0510. The van der Waals surface area contributed by atoms with Gasteiger partial charge >= 0.3 is 0 Å². The number of ether oxygens (including phenoxy) is 2. The summed E-state index contributed by atoms with van der Waals surface area (Å²) in [6.07, 6.45) is -1.96. The summed E-state index contributed by atoms with van der Waals surface area (Å²) in [5.74, 6) is 0. The summed E-state index contributed by atoms with van der Waals surface area (Å²) >= 11 is 0. The molecule has 0 amide bonds. The van der Waals surface area contributed by atoms with Crippen LogP contribution in [0.3, 0.4) is 0 Å². The summed E-state index contributed by atoms with van der Waals surface area (Å²) in [7, 11) is 0. The van der Waals surface area contributed by atoms with E-state index in [1.165, 1.54) is 0 Å². The maximum Gasteiger partial charge on any atom is 0.112 e. The largest absolute Gasteiger partial charge is 0.388 e. The molecule has 1 fully saturated rings. The van der Waals surface area contributed by atoms with E-state index in [4.69, 9.17) is 9.47 Å². The Morgan fingerprint density at radius 2 is 1.94 bits per heavy atom. The zero-order valence-corrected chi connectivity index (χ0v) is 9.82. The Kier molecular flexibility index (Phi) is 4.12. The summed E-state index contributed by atoms with van der Waals surface area (Å²) < 4.78 is 10.4. The minimum absolute atomic E-state index is 0.0359. The molecule has 0 saturated carbocycles. The van der Waals surface area contributed by atoms with E-state index in [0.717, 1.165) is 5.56 Å². The lowest BCUT2D eigenvalue weighted by Gasteiger charge is -2.16. The van der Waals surface area contributed by atoms with Gasteiger partial charge in [0.15, 0.2) is 0 Å². The highest BCUT2D eigenvalue weighted by Gasteiger charge is 2.43. The molecule has 4 nitrogen and oxygen atoms in total. The molecule has 0 spiro atoms. The first-order chi connectivity index (χ1) is 8.18. The van der Waals surface area contributed by atoms with Gasteiger partial charge in [-0.3, -0.25) is 0 Å².